The standard InChI is InChI=1S/C26H30F2N8O2/c1-14(2)11-20(26(37)38)30-15(3)23-32-24(34-33-23)18-13-29-36-10-8-22(31-25(18)36)35-9-4-5-21(35)17-12-16(27)6-7-19(17)28/h6-8,10,12-15,20-21,30H,4-5,9,11H2,1-3H3,(H,37,38)(H,32,33,34)/t15?,20-,21+/m0/s1. The number of H-pyrrole nitrogens is 1. The number of halogens is 2. The molecule has 0 radical (unpaired) electrons. The summed E-state index contributed by atoms with van der Waals surface area (Å²) >= 11 is 0. The molecule has 38 heavy (non-hydrogen) atoms. The van der Waals surface area contributed by atoms with Crippen LogP contribution in [0.1, 0.15) is 63.5 Å². The number of nitrogens with one attached hydrogen (secondary N) is 2. The van der Waals surface area contributed by atoms with Gasteiger partial charge in [-0.2, -0.15) is 5.10 Å². The number of aromatic amines is 1. The first-order chi connectivity index (χ1) is 18.2. The normalized spacial score (nSPS) is 17.4. The van der Waals surface area contributed by atoms with E-state index in [9.17, 15) is 18.7 Å². The Kier molecular flexibility index (Phi) is 7.06. The average molecular weight is 525 g/mol. The van der Waals surface area contributed by atoms with Crippen molar-refractivity contribution in [2.75, 3.05) is 11.4 Å². The van der Waals surface area contributed by atoms with Crippen LogP contribution in [0.2, 0.25) is 0 Å². The topological polar surface area (TPSA) is 124 Å². The van der Waals surface area contributed by atoms with Gasteiger partial charge in [0.2, 0.25) is 0 Å². The third-order valence-electron chi connectivity index (χ3n) is 6.84. The molecule has 1 fully saturated rings. The van der Waals surface area contributed by atoms with Gasteiger partial charge in [-0.3, -0.25) is 10.1 Å². The molecular weight excluding hydrogens is 494 g/mol. The SMILES string of the molecule is CC(C)C[C@H](NC(C)c1nnc(-c2cnn3ccc(N4CCC[C@@H]4c4cc(F)ccc4F)nc23)[nH]1)C(=O)O. The van der Waals surface area contributed by atoms with Gasteiger partial charge in [0.15, 0.2) is 11.5 Å². The number of fused-ring (bicyclic) bond motifs is 1. The number of anilines is 1. The van der Waals surface area contributed by atoms with Crippen molar-refractivity contribution in [2.45, 2.75) is 58.2 Å². The predicted molar refractivity (Wildman–Crippen MR) is 136 cm³/mol. The first-order valence-electron chi connectivity index (χ1n) is 12.7. The Morgan fingerprint density at radius 3 is 2.82 bits per heavy atom. The highest BCUT2D eigenvalue weighted by atomic mass is 19.1. The molecule has 1 unspecified atom stereocenters. The van der Waals surface area contributed by atoms with Crippen LogP contribution in [0.5, 0.6) is 0 Å². The third-order valence-corrected chi connectivity index (χ3v) is 6.84. The molecule has 1 aliphatic heterocycles. The zero-order valence-corrected chi connectivity index (χ0v) is 21.4. The maximum Gasteiger partial charge on any atom is 0.320 e. The Bertz CT molecular complexity index is 1450. The van der Waals surface area contributed by atoms with Gasteiger partial charge in [-0.25, -0.2) is 18.3 Å². The maximum atomic E-state index is 14.6. The lowest BCUT2D eigenvalue weighted by Gasteiger charge is -2.26. The Labute approximate surface area is 218 Å². The van der Waals surface area contributed by atoms with Gasteiger partial charge in [0.25, 0.3) is 0 Å². The molecule has 3 aromatic heterocycles. The van der Waals surface area contributed by atoms with E-state index in [1.54, 1.807) is 23.0 Å². The van der Waals surface area contributed by atoms with E-state index in [1.807, 2.05) is 25.7 Å². The van der Waals surface area contributed by atoms with Gasteiger partial charge in [0.1, 0.15) is 29.3 Å². The minimum atomic E-state index is -0.914. The summed E-state index contributed by atoms with van der Waals surface area (Å²) < 4.78 is 30.1. The molecule has 3 N–H and O–H groups in total. The van der Waals surface area contributed by atoms with E-state index in [2.05, 4.69) is 25.6 Å². The lowest BCUT2D eigenvalue weighted by atomic mass is 10.0. The van der Waals surface area contributed by atoms with E-state index in [4.69, 9.17) is 4.98 Å². The smallest absolute Gasteiger partial charge is 0.320 e. The Balaban J connectivity index is 1.42. The van der Waals surface area contributed by atoms with Gasteiger partial charge >= 0.3 is 5.97 Å². The first-order valence-corrected chi connectivity index (χ1v) is 12.7. The largest absolute Gasteiger partial charge is 0.480 e. The molecule has 1 aromatic carbocycles. The van der Waals surface area contributed by atoms with Crippen LogP contribution >= 0.6 is 0 Å². The zero-order valence-electron chi connectivity index (χ0n) is 21.4. The lowest BCUT2D eigenvalue weighted by molar-refractivity contribution is -0.140. The van der Waals surface area contributed by atoms with E-state index in [0.29, 0.717) is 53.6 Å². The van der Waals surface area contributed by atoms with Crippen molar-refractivity contribution in [3.05, 3.63) is 59.7 Å². The second kappa shape index (κ2) is 10.4. The molecule has 200 valence electrons. The van der Waals surface area contributed by atoms with Gasteiger partial charge in [-0.15, -0.1) is 10.2 Å². The molecule has 0 amide bonds. The molecule has 0 spiro atoms. The van der Waals surface area contributed by atoms with E-state index in [1.165, 1.54) is 6.07 Å². The van der Waals surface area contributed by atoms with Crippen molar-refractivity contribution >= 4 is 17.4 Å². The number of rotatable bonds is 9. The maximum absolute atomic E-state index is 14.6. The number of hydrogen-bond acceptors (Lipinski definition) is 7. The highest BCUT2D eigenvalue weighted by molar-refractivity contribution is 5.74. The number of carbonyl (C=O) groups is 1. The van der Waals surface area contributed by atoms with E-state index in [-0.39, 0.29) is 18.0 Å². The Morgan fingerprint density at radius 2 is 2.05 bits per heavy atom. The summed E-state index contributed by atoms with van der Waals surface area (Å²) in [5.74, 6) is -0.0536. The predicted octanol–water partition coefficient (Wildman–Crippen LogP) is 4.28. The van der Waals surface area contributed by atoms with Gasteiger partial charge < -0.3 is 15.0 Å². The second-order valence-corrected chi connectivity index (χ2v) is 10.1. The fraction of sp³-hybridized carbons (Fsp3) is 0.423. The summed E-state index contributed by atoms with van der Waals surface area (Å²) in [7, 11) is 0. The van der Waals surface area contributed by atoms with Crippen molar-refractivity contribution in [1.29, 1.82) is 0 Å². The molecule has 10 nitrogen and oxygen atoms in total. The lowest BCUT2D eigenvalue weighted by Crippen LogP contribution is -2.39. The van der Waals surface area contributed by atoms with Crippen molar-refractivity contribution in [2.24, 2.45) is 5.92 Å². The second-order valence-electron chi connectivity index (χ2n) is 10.1. The number of carboxylic acid groups (broad SMARTS) is 1. The summed E-state index contributed by atoms with van der Waals surface area (Å²) in [6.45, 7) is 6.43. The Morgan fingerprint density at radius 1 is 1.24 bits per heavy atom. The monoisotopic (exact) mass is 524 g/mol. The highest BCUT2D eigenvalue weighted by Crippen LogP contribution is 2.37. The third kappa shape index (κ3) is 5.08. The van der Waals surface area contributed by atoms with Gasteiger partial charge in [0.05, 0.1) is 23.8 Å². The van der Waals surface area contributed by atoms with Crippen LogP contribution in [0.4, 0.5) is 14.6 Å². The first kappa shape index (κ1) is 25.7. The van der Waals surface area contributed by atoms with Crippen LogP contribution in [0.3, 0.4) is 0 Å². The van der Waals surface area contributed by atoms with E-state index in [0.717, 1.165) is 18.6 Å². The van der Waals surface area contributed by atoms with Crippen molar-refractivity contribution in [3.63, 3.8) is 0 Å². The van der Waals surface area contributed by atoms with Crippen LogP contribution in [0.15, 0.2) is 36.7 Å². The number of aliphatic carboxylic acids is 1. The molecule has 1 saturated heterocycles. The average Bonchev–Trinajstić information content (AvgIpc) is 3.63. The summed E-state index contributed by atoms with van der Waals surface area (Å²) in [6.07, 6.45) is 5.39. The number of benzene rings is 1. The van der Waals surface area contributed by atoms with E-state index >= 15 is 0 Å². The number of aromatic nitrogens is 6. The summed E-state index contributed by atoms with van der Waals surface area (Å²) in [5.41, 5.74) is 1.46. The summed E-state index contributed by atoms with van der Waals surface area (Å²) in [4.78, 5) is 21.6. The molecule has 12 heteroatoms. The zero-order chi connectivity index (χ0) is 27.0. The minimum absolute atomic E-state index is 0.216. The van der Waals surface area contributed by atoms with Crippen molar-refractivity contribution in [3.8, 4) is 11.4 Å². The van der Waals surface area contributed by atoms with Crippen LogP contribution < -0.4 is 10.2 Å². The van der Waals surface area contributed by atoms with Crippen LogP contribution in [-0.2, 0) is 4.79 Å². The molecule has 0 bridgehead atoms. The minimum Gasteiger partial charge on any atom is -0.480 e. The van der Waals surface area contributed by atoms with Crippen LogP contribution in [0, 0.1) is 17.6 Å². The molecule has 4 heterocycles. The van der Waals surface area contributed by atoms with E-state index < -0.39 is 23.6 Å². The number of hydrogen-bond donors (Lipinski definition) is 3. The number of carboxylic acids is 1. The fourth-order valence-corrected chi connectivity index (χ4v) is 5.00. The molecular formula is C26H30F2N8O2. The fourth-order valence-electron chi connectivity index (χ4n) is 5.00. The van der Waals surface area contributed by atoms with Gasteiger partial charge in [-0.05, 0) is 56.4 Å². The molecule has 4 aromatic rings. The number of nitrogens with zero attached hydrogens (tertiary/aromatic N) is 6. The van der Waals surface area contributed by atoms with Crippen molar-refractivity contribution < 1.29 is 18.7 Å². The molecule has 3 atom stereocenters. The van der Waals surface area contributed by atoms with Gasteiger partial charge in [-0.1, -0.05) is 13.8 Å². The Hall–Kier alpha value is -3.93. The molecule has 0 aliphatic carbocycles. The summed E-state index contributed by atoms with van der Waals surface area (Å²) in [5, 5.41) is 25.5. The molecule has 1 aliphatic rings. The van der Waals surface area contributed by atoms with Crippen molar-refractivity contribution in [1.82, 2.24) is 35.1 Å². The molecule has 0 saturated carbocycles. The van der Waals surface area contributed by atoms with Gasteiger partial charge in [0, 0.05) is 18.3 Å². The quantitative estimate of drug-likeness (QED) is 0.296. The van der Waals surface area contributed by atoms with Crippen LogP contribution in [-0.4, -0.2) is 53.4 Å². The summed E-state index contributed by atoms with van der Waals surface area (Å²) in [6, 6.07) is 3.91. The highest BCUT2D eigenvalue weighted by Gasteiger charge is 2.30. The van der Waals surface area contributed by atoms with Crippen LogP contribution in [0.25, 0.3) is 17.0 Å². The molecule has 5 rings (SSSR count).